The third kappa shape index (κ3) is 2.90. The molecule has 0 aliphatic rings. The average molecular weight is 295 g/mol. The lowest BCUT2D eigenvalue weighted by Gasteiger charge is -2.12. The van der Waals surface area contributed by atoms with E-state index in [0.29, 0.717) is 12.2 Å². The quantitative estimate of drug-likeness (QED) is 0.794. The zero-order chi connectivity index (χ0) is 14.8. The third-order valence-electron chi connectivity index (χ3n) is 2.94. The Morgan fingerprint density at radius 3 is 2.80 bits per heavy atom. The van der Waals surface area contributed by atoms with E-state index in [9.17, 15) is 8.42 Å². The van der Waals surface area contributed by atoms with Crippen molar-refractivity contribution in [2.45, 2.75) is 24.9 Å². The van der Waals surface area contributed by atoms with Gasteiger partial charge in [-0.1, -0.05) is 6.07 Å². The minimum absolute atomic E-state index is 0.124. The number of nitrogens with two attached hydrogens (primary N) is 1. The Morgan fingerprint density at radius 2 is 2.15 bits per heavy atom. The van der Waals surface area contributed by atoms with Crippen LogP contribution in [0.1, 0.15) is 12.7 Å². The number of rotatable bonds is 5. The summed E-state index contributed by atoms with van der Waals surface area (Å²) < 4.78 is 25.1. The van der Waals surface area contributed by atoms with Crippen LogP contribution >= 0.6 is 0 Å². The fourth-order valence-corrected chi connectivity index (χ4v) is 2.71. The van der Waals surface area contributed by atoms with Crippen molar-refractivity contribution in [2.75, 3.05) is 17.3 Å². The number of hydrogen-bond acceptors (Lipinski definition) is 6. The largest absolute Gasteiger partial charge is 0.396 e. The molecule has 0 amide bonds. The molecule has 0 saturated heterocycles. The summed E-state index contributed by atoms with van der Waals surface area (Å²) in [5, 5.41) is 10.9. The van der Waals surface area contributed by atoms with Gasteiger partial charge in [0.15, 0.2) is 15.7 Å². The van der Waals surface area contributed by atoms with E-state index in [1.807, 2.05) is 11.5 Å². The average Bonchev–Trinajstić information content (AvgIpc) is 2.83. The standard InChI is InChI=1S/C12H17N5O2S/c1-3-17-8-15-16-11(17)7-14-9-5-4-6-10(12(9)13)20(2,18)19/h4-6,8,14H,3,7,13H2,1-2H3. The lowest BCUT2D eigenvalue weighted by molar-refractivity contribution is 0.602. The maximum absolute atomic E-state index is 11.6. The highest BCUT2D eigenvalue weighted by Gasteiger charge is 2.14. The minimum Gasteiger partial charge on any atom is -0.396 e. The number of nitrogen functional groups attached to an aromatic ring is 1. The number of anilines is 2. The van der Waals surface area contributed by atoms with Gasteiger partial charge in [0.1, 0.15) is 6.33 Å². The number of para-hydroxylation sites is 1. The van der Waals surface area contributed by atoms with Crippen molar-refractivity contribution in [3.63, 3.8) is 0 Å². The second-order valence-electron chi connectivity index (χ2n) is 4.38. The van der Waals surface area contributed by atoms with E-state index in [1.165, 1.54) is 6.07 Å². The van der Waals surface area contributed by atoms with Crippen LogP contribution < -0.4 is 11.1 Å². The van der Waals surface area contributed by atoms with Gasteiger partial charge in [-0.3, -0.25) is 0 Å². The van der Waals surface area contributed by atoms with Crippen LogP contribution in [0.4, 0.5) is 11.4 Å². The molecule has 0 atom stereocenters. The zero-order valence-electron chi connectivity index (χ0n) is 11.4. The van der Waals surface area contributed by atoms with Crippen molar-refractivity contribution in [3.05, 3.63) is 30.4 Å². The molecule has 20 heavy (non-hydrogen) atoms. The van der Waals surface area contributed by atoms with Gasteiger partial charge >= 0.3 is 0 Å². The van der Waals surface area contributed by atoms with E-state index in [2.05, 4.69) is 15.5 Å². The highest BCUT2D eigenvalue weighted by Crippen LogP contribution is 2.26. The molecule has 1 aromatic carbocycles. The molecule has 2 aromatic rings. The van der Waals surface area contributed by atoms with E-state index in [4.69, 9.17) is 5.73 Å². The summed E-state index contributed by atoms with van der Waals surface area (Å²) in [7, 11) is -3.34. The van der Waals surface area contributed by atoms with E-state index in [0.717, 1.165) is 18.6 Å². The number of nitrogens with zero attached hydrogens (tertiary/aromatic N) is 3. The van der Waals surface area contributed by atoms with Crippen LogP contribution in [0.2, 0.25) is 0 Å². The lowest BCUT2D eigenvalue weighted by Crippen LogP contribution is -2.10. The molecule has 0 aliphatic carbocycles. The van der Waals surface area contributed by atoms with Crippen molar-refractivity contribution in [3.8, 4) is 0 Å². The van der Waals surface area contributed by atoms with Crippen molar-refractivity contribution < 1.29 is 8.42 Å². The molecule has 1 heterocycles. The summed E-state index contributed by atoms with van der Waals surface area (Å²) >= 11 is 0. The first-order valence-electron chi connectivity index (χ1n) is 6.12. The molecule has 0 radical (unpaired) electrons. The molecule has 0 spiro atoms. The number of nitrogens with one attached hydrogen (secondary N) is 1. The lowest BCUT2D eigenvalue weighted by atomic mass is 10.2. The van der Waals surface area contributed by atoms with Crippen molar-refractivity contribution in [2.24, 2.45) is 0 Å². The molecule has 0 fully saturated rings. The summed E-state index contributed by atoms with van der Waals surface area (Å²) in [6.07, 6.45) is 2.78. The Morgan fingerprint density at radius 1 is 1.40 bits per heavy atom. The molecule has 0 aliphatic heterocycles. The maximum Gasteiger partial charge on any atom is 0.177 e. The van der Waals surface area contributed by atoms with Gasteiger partial charge in [0.2, 0.25) is 0 Å². The Labute approximate surface area is 117 Å². The van der Waals surface area contributed by atoms with E-state index < -0.39 is 9.84 Å². The van der Waals surface area contributed by atoms with Gasteiger partial charge in [-0.25, -0.2) is 8.42 Å². The van der Waals surface area contributed by atoms with E-state index in [1.54, 1.807) is 18.5 Å². The molecular formula is C12H17N5O2S. The summed E-state index contributed by atoms with van der Waals surface area (Å²) in [6, 6.07) is 4.88. The van der Waals surface area contributed by atoms with Gasteiger partial charge in [-0.05, 0) is 19.1 Å². The molecule has 0 saturated carbocycles. The fourth-order valence-electron chi connectivity index (χ4n) is 1.88. The Bertz CT molecular complexity index is 708. The first-order chi connectivity index (χ1) is 9.43. The molecule has 8 heteroatoms. The second-order valence-corrected chi connectivity index (χ2v) is 6.36. The predicted molar refractivity (Wildman–Crippen MR) is 77.0 cm³/mol. The summed E-state index contributed by atoms with van der Waals surface area (Å²) in [4.78, 5) is 0.124. The first kappa shape index (κ1) is 14.3. The van der Waals surface area contributed by atoms with Crippen LogP contribution in [0, 0.1) is 0 Å². The molecule has 1 aromatic heterocycles. The fraction of sp³-hybridized carbons (Fsp3) is 0.333. The number of aromatic nitrogens is 3. The SMILES string of the molecule is CCn1cnnc1CNc1cccc(S(C)(=O)=O)c1N. The van der Waals surface area contributed by atoms with Crippen molar-refractivity contribution >= 4 is 21.2 Å². The van der Waals surface area contributed by atoms with Gasteiger partial charge in [0, 0.05) is 12.8 Å². The Hall–Kier alpha value is -2.09. The van der Waals surface area contributed by atoms with E-state index >= 15 is 0 Å². The second kappa shape index (κ2) is 5.49. The first-order valence-corrected chi connectivity index (χ1v) is 8.01. The van der Waals surface area contributed by atoms with Gasteiger partial charge < -0.3 is 15.6 Å². The smallest absolute Gasteiger partial charge is 0.177 e. The molecule has 108 valence electrons. The van der Waals surface area contributed by atoms with Gasteiger partial charge in [-0.2, -0.15) is 0 Å². The van der Waals surface area contributed by atoms with Gasteiger partial charge in [0.05, 0.1) is 22.8 Å². The number of hydrogen-bond donors (Lipinski definition) is 2. The van der Waals surface area contributed by atoms with Crippen LogP contribution in [-0.2, 0) is 22.9 Å². The minimum atomic E-state index is -3.34. The number of benzene rings is 1. The van der Waals surface area contributed by atoms with Gasteiger partial charge in [-0.15, -0.1) is 10.2 Å². The van der Waals surface area contributed by atoms with Crippen LogP contribution in [0.5, 0.6) is 0 Å². The molecule has 0 unspecified atom stereocenters. The normalized spacial score (nSPS) is 11.5. The molecule has 3 N–H and O–H groups in total. The topological polar surface area (TPSA) is 103 Å². The maximum atomic E-state index is 11.6. The highest BCUT2D eigenvalue weighted by atomic mass is 32.2. The monoisotopic (exact) mass is 295 g/mol. The Kier molecular flexibility index (Phi) is 3.93. The third-order valence-corrected chi connectivity index (χ3v) is 4.09. The predicted octanol–water partition coefficient (Wildman–Crippen LogP) is 0.896. The summed E-state index contributed by atoms with van der Waals surface area (Å²) in [6.45, 7) is 3.18. The van der Waals surface area contributed by atoms with E-state index in [-0.39, 0.29) is 10.6 Å². The van der Waals surface area contributed by atoms with Gasteiger partial charge in [0.25, 0.3) is 0 Å². The number of sulfone groups is 1. The Balaban J connectivity index is 2.23. The van der Waals surface area contributed by atoms with Crippen LogP contribution in [-0.4, -0.2) is 29.4 Å². The zero-order valence-corrected chi connectivity index (χ0v) is 12.2. The molecule has 7 nitrogen and oxygen atoms in total. The van der Waals surface area contributed by atoms with Crippen molar-refractivity contribution in [1.82, 2.24) is 14.8 Å². The van der Waals surface area contributed by atoms with Crippen LogP contribution in [0.25, 0.3) is 0 Å². The van der Waals surface area contributed by atoms with Crippen molar-refractivity contribution in [1.29, 1.82) is 0 Å². The highest BCUT2D eigenvalue weighted by molar-refractivity contribution is 7.90. The molecular weight excluding hydrogens is 278 g/mol. The van der Waals surface area contributed by atoms with Crippen LogP contribution in [0.3, 0.4) is 0 Å². The molecule has 0 bridgehead atoms. The molecule has 2 rings (SSSR count). The van der Waals surface area contributed by atoms with Crippen LogP contribution in [0.15, 0.2) is 29.4 Å². The number of aryl methyl sites for hydroxylation is 1. The summed E-state index contributed by atoms with van der Waals surface area (Å²) in [5.41, 5.74) is 6.68. The summed E-state index contributed by atoms with van der Waals surface area (Å²) in [5.74, 6) is 0.761.